The van der Waals surface area contributed by atoms with E-state index in [-0.39, 0.29) is 5.91 Å². The molecule has 2 heterocycles. The summed E-state index contributed by atoms with van der Waals surface area (Å²) in [5.41, 5.74) is 7.29. The van der Waals surface area contributed by atoms with Gasteiger partial charge in [-0.1, -0.05) is 15.9 Å². The van der Waals surface area contributed by atoms with Crippen LogP contribution in [0.25, 0.3) is 0 Å². The molecule has 4 nitrogen and oxygen atoms in total. The Bertz CT molecular complexity index is 464. The summed E-state index contributed by atoms with van der Waals surface area (Å²) < 4.78 is 0.863. The summed E-state index contributed by atoms with van der Waals surface area (Å²) in [5.74, 6) is 1.02. The van der Waals surface area contributed by atoms with Crippen LogP contribution in [0.3, 0.4) is 0 Å². The predicted molar refractivity (Wildman–Crippen MR) is 75.3 cm³/mol. The van der Waals surface area contributed by atoms with Gasteiger partial charge in [0.1, 0.15) is 0 Å². The topological polar surface area (TPSA) is 59.2 Å². The molecule has 0 aromatic carbocycles. The highest BCUT2D eigenvalue weighted by atomic mass is 79.9. The number of amides is 1. The molecule has 1 aliphatic heterocycles. The van der Waals surface area contributed by atoms with Crippen molar-refractivity contribution in [3.05, 3.63) is 16.2 Å². The summed E-state index contributed by atoms with van der Waals surface area (Å²) in [7, 11) is 0. The Morgan fingerprint density at radius 2 is 2.35 bits per heavy atom. The van der Waals surface area contributed by atoms with E-state index in [2.05, 4.69) is 36.8 Å². The fourth-order valence-electron chi connectivity index (χ4n) is 1.89. The van der Waals surface area contributed by atoms with Crippen molar-refractivity contribution in [3.63, 3.8) is 0 Å². The van der Waals surface area contributed by atoms with Gasteiger partial charge in [0.25, 0.3) is 0 Å². The van der Waals surface area contributed by atoms with E-state index < -0.39 is 0 Å². The number of rotatable bonds is 2. The van der Waals surface area contributed by atoms with Crippen LogP contribution in [0.4, 0.5) is 11.5 Å². The van der Waals surface area contributed by atoms with E-state index in [4.69, 9.17) is 5.73 Å². The van der Waals surface area contributed by atoms with E-state index in [0.29, 0.717) is 30.4 Å². The van der Waals surface area contributed by atoms with Crippen molar-refractivity contribution in [2.45, 2.75) is 13.3 Å². The molecule has 1 aromatic heterocycles. The summed E-state index contributed by atoms with van der Waals surface area (Å²) in [6.07, 6.45) is 0.557. The number of nitrogen functional groups attached to an aromatic ring is 1. The number of nitrogens with zero attached hydrogens (tertiary/aromatic N) is 2. The number of nitrogens with two attached hydrogens (primary N) is 1. The number of pyridine rings is 1. The summed E-state index contributed by atoms with van der Waals surface area (Å²) >= 11 is 6.79. The number of carbonyl (C=O) groups is 1. The monoisotopic (exact) mass is 361 g/mol. The molecule has 1 amide bonds. The summed E-state index contributed by atoms with van der Waals surface area (Å²) in [6.45, 7) is 2.57. The molecule has 2 rings (SSSR count). The van der Waals surface area contributed by atoms with Crippen molar-refractivity contribution in [2.75, 3.05) is 22.5 Å². The highest BCUT2D eigenvalue weighted by Gasteiger charge is 2.31. The number of hydrogen-bond acceptors (Lipinski definition) is 3. The van der Waals surface area contributed by atoms with E-state index in [1.54, 1.807) is 11.0 Å². The molecule has 1 aliphatic rings. The number of carbonyl (C=O) groups excluding carboxylic acids is 1. The van der Waals surface area contributed by atoms with Gasteiger partial charge < -0.3 is 5.73 Å². The second-order valence-corrected chi connectivity index (χ2v) is 5.70. The van der Waals surface area contributed by atoms with Crippen LogP contribution in [-0.4, -0.2) is 22.8 Å². The first-order valence-corrected chi connectivity index (χ1v) is 7.23. The van der Waals surface area contributed by atoms with Crippen molar-refractivity contribution >= 4 is 49.3 Å². The molecule has 0 bridgehead atoms. The molecular formula is C11H13Br2N3O. The lowest BCUT2D eigenvalue weighted by Crippen LogP contribution is -2.27. The number of alkyl halides is 1. The Balaban J connectivity index is 2.35. The van der Waals surface area contributed by atoms with Crippen LogP contribution < -0.4 is 10.6 Å². The van der Waals surface area contributed by atoms with Gasteiger partial charge in [0.2, 0.25) is 5.91 Å². The Labute approximate surface area is 117 Å². The van der Waals surface area contributed by atoms with Crippen molar-refractivity contribution in [3.8, 4) is 0 Å². The number of halogens is 2. The Hall–Kier alpha value is -0.620. The zero-order chi connectivity index (χ0) is 12.6. The maximum atomic E-state index is 11.9. The summed E-state index contributed by atoms with van der Waals surface area (Å²) in [6, 6.07) is 1.80. The van der Waals surface area contributed by atoms with Gasteiger partial charge in [-0.3, -0.25) is 9.69 Å². The fourth-order valence-corrected chi connectivity index (χ4v) is 2.66. The normalized spacial score (nSPS) is 20.1. The summed E-state index contributed by atoms with van der Waals surface area (Å²) in [5, 5.41) is 0.824. The molecule has 1 saturated heterocycles. The fraction of sp³-hybridized carbons (Fsp3) is 0.455. The Kier molecular flexibility index (Phi) is 3.73. The van der Waals surface area contributed by atoms with E-state index >= 15 is 0 Å². The van der Waals surface area contributed by atoms with Gasteiger partial charge in [-0.05, 0) is 34.8 Å². The lowest BCUT2D eigenvalue weighted by Gasteiger charge is -2.18. The third-order valence-corrected chi connectivity index (χ3v) is 4.56. The van der Waals surface area contributed by atoms with Crippen molar-refractivity contribution in [2.24, 2.45) is 5.92 Å². The molecule has 1 unspecified atom stereocenters. The third kappa shape index (κ3) is 2.47. The first-order valence-electron chi connectivity index (χ1n) is 5.32. The van der Waals surface area contributed by atoms with E-state index in [9.17, 15) is 4.79 Å². The highest BCUT2D eigenvalue weighted by Crippen LogP contribution is 2.31. The maximum Gasteiger partial charge on any atom is 0.228 e. The average Bonchev–Trinajstić information content (AvgIpc) is 2.65. The van der Waals surface area contributed by atoms with Crippen molar-refractivity contribution in [1.29, 1.82) is 0 Å². The smallest absolute Gasteiger partial charge is 0.228 e. The van der Waals surface area contributed by atoms with Gasteiger partial charge in [0.15, 0.2) is 5.82 Å². The van der Waals surface area contributed by atoms with Crippen molar-refractivity contribution < 1.29 is 4.79 Å². The van der Waals surface area contributed by atoms with E-state index in [0.717, 1.165) is 15.5 Å². The van der Waals surface area contributed by atoms with Gasteiger partial charge in [0, 0.05) is 22.8 Å². The van der Waals surface area contributed by atoms with Crippen LogP contribution in [0, 0.1) is 12.8 Å². The van der Waals surface area contributed by atoms with Crippen LogP contribution in [0.5, 0.6) is 0 Å². The quantitative estimate of drug-likeness (QED) is 0.822. The second-order valence-electron chi connectivity index (χ2n) is 4.20. The SMILES string of the molecule is Cc1nc(N2CC(CBr)CC2=O)c(N)cc1Br. The lowest BCUT2D eigenvalue weighted by molar-refractivity contribution is -0.117. The second kappa shape index (κ2) is 4.94. The first kappa shape index (κ1) is 12.8. The standard InChI is InChI=1S/C11H13Br2N3O/c1-6-8(13)3-9(14)11(15-6)16-5-7(4-12)2-10(16)17/h3,7H,2,4-5,14H2,1H3. The minimum absolute atomic E-state index is 0.0929. The molecule has 17 heavy (non-hydrogen) atoms. The zero-order valence-corrected chi connectivity index (χ0v) is 12.6. The zero-order valence-electron chi connectivity index (χ0n) is 9.41. The minimum atomic E-state index is 0.0929. The third-order valence-electron chi connectivity index (χ3n) is 2.84. The largest absolute Gasteiger partial charge is 0.396 e. The Morgan fingerprint density at radius 1 is 1.65 bits per heavy atom. The molecule has 1 atom stereocenters. The van der Waals surface area contributed by atoms with Crippen LogP contribution in [0.1, 0.15) is 12.1 Å². The first-order chi connectivity index (χ1) is 8.02. The molecule has 1 fully saturated rings. The van der Waals surface area contributed by atoms with E-state index in [1.807, 2.05) is 6.92 Å². The number of aromatic nitrogens is 1. The molecule has 92 valence electrons. The molecule has 0 saturated carbocycles. The molecular weight excluding hydrogens is 350 g/mol. The predicted octanol–water partition coefficient (Wildman–Crippen LogP) is 2.48. The van der Waals surface area contributed by atoms with Gasteiger partial charge in [-0.15, -0.1) is 0 Å². The number of aryl methyl sites for hydroxylation is 1. The summed E-state index contributed by atoms with van der Waals surface area (Å²) in [4.78, 5) is 18.0. The molecule has 0 aliphatic carbocycles. The minimum Gasteiger partial charge on any atom is -0.396 e. The van der Waals surface area contributed by atoms with Crippen LogP contribution >= 0.6 is 31.9 Å². The molecule has 0 spiro atoms. The van der Waals surface area contributed by atoms with Crippen LogP contribution in [0.2, 0.25) is 0 Å². The maximum absolute atomic E-state index is 11.9. The van der Waals surface area contributed by atoms with Gasteiger partial charge >= 0.3 is 0 Å². The van der Waals surface area contributed by atoms with Crippen LogP contribution in [-0.2, 0) is 4.79 Å². The molecule has 0 radical (unpaired) electrons. The molecule has 1 aromatic rings. The Morgan fingerprint density at radius 3 is 2.94 bits per heavy atom. The molecule has 6 heteroatoms. The van der Waals surface area contributed by atoms with Gasteiger partial charge in [-0.25, -0.2) is 4.98 Å². The highest BCUT2D eigenvalue weighted by molar-refractivity contribution is 9.10. The number of anilines is 2. The van der Waals surface area contributed by atoms with Crippen molar-refractivity contribution in [1.82, 2.24) is 4.98 Å². The van der Waals surface area contributed by atoms with Crippen LogP contribution in [0.15, 0.2) is 10.5 Å². The van der Waals surface area contributed by atoms with E-state index in [1.165, 1.54) is 0 Å². The van der Waals surface area contributed by atoms with Gasteiger partial charge in [0.05, 0.1) is 11.4 Å². The lowest BCUT2D eigenvalue weighted by atomic mass is 10.2. The molecule has 2 N–H and O–H groups in total. The number of hydrogen-bond donors (Lipinski definition) is 1. The van der Waals surface area contributed by atoms with Gasteiger partial charge in [-0.2, -0.15) is 0 Å². The average molecular weight is 363 g/mol.